The van der Waals surface area contributed by atoms with Gasteiger partial charge in [0.25, 0.3) is 0 Å². The van der Waals surface area contributed by atoms with Crippen molar-refractivity contribution in [3.8, 4) is 0 Å². The second-order valence-electron chi connectivity index (χ2n) is 7.12. The van der Waals surface area contributed by atoms with Crippen LogP contribution in [0.5, 0.6) is 0 Å². The second-order valence-corrected chi connectivity index (χ2v) is 7.12. The number of nitrogens with one attached hydrogen (secondary N) is 1. The zero-order valence-electron chi connectivity index (χ0n) is 13.7. The topological polar surface area (TPSA) is 21.3 Å². The monoisotopic (exact) mass is 287 g/mol. The molecule has 1 aliphatic carbocycles. The molecule has 0 amide bonds. The SMILES string of the molecule is CNC(c1cc(C)ccc1C)C1CCOC2(CCCC2)C1. The van der Waals surface area contributed by atoms with Crippen molar-refractivity contribution in [1.82, 2.24) is 5.32 Å². The third-order valence-electron chi connectivity index (χ3n) is 5.60. The van der Waals surface area contributed by atoms with Crippen molar-refractivity contribution in [2.45, 2.75) is 64.0 Å². The van der Waals surface area contributed by atoms with Crippen molar-refractivity contribution in [3.05, 3.63) is 34.9 Å². The highest BCUT2D eigenvalue weighted by Gasteiger charge is 2.42. The Morgan fingerprint density at radius 1 is 1.24 bits per heavy atom. The van der Waals surface area contributed by atoms with Gasteiger partial charge in [0.1, 0.15) is 0 Å². The predicted molar refractivity (Wildman–Crippen MR) is 87.6 cm³/mol. The maximum absolute atomic E-state index is 6.21. The van der Waals surface area contributed by atoms with Crippen LogP contribution in [0.4, 0.5) is 0 Å². The Hall–Kier alpha value is -0.860. The Bertz CT molecular complexity index is 490. The van der Waals surface area contributed by atoms with E-state index >= 15 is 0 Å². The number of ether oxygens (including phenoxy) is 1. The molecule has 0 aromatic heterocycles. The molecule has 2 nitrogen and oxygen atoms in total. The standard InChI is InChI=1S/C19H29NO/c1-14-6-7-15(2)17(12-14)18(20-3)16-8-11-21-19(13-16)9-4-5-10-19/h6-7,12,16,18,20H,4-5,8-11,13H2,1-3H3. The summed E-state index contributed by atoms with van der Waals surface area (Å²) < 4.78 is 6.21. The molecule has 116 valence electrons. The fourth-order valence-electron chi connectivity index (χ4n) is 4.46. The van der Waals surface area contributed by atoms with Gasteiger partial charge in [0.2, 0.25) is 0 Å². The van der Waals surface area contributed by atoms with Gasteiger partial charge in [-0.25, -0.2) is 0 Å². The second kappa shape index (κ2) is 6.10. The molecule has 2 aliphatic rings. The quantitative estimate of drug-likeness (QED) is 0.894. The fraction of sp³-hybridized carbons (Fsp3) is 0.684. The van der Waals surface area contributed by atoms with E-state index in [4.69, 9.17) is 4.74 Å². The van der Waals surface area contributed by atoms with Gasteiger partial charge in [-0.05, 0) is 63.6 Å². The van der Waals surface area contributed by atoms with Crippen LogP contribution in [0.3, 0.4) is 0 Å². The first-order chi connectivity index (χ1) is 10.1. The van der Waals surface area contributed by atoms with Gasteiger partial charge in [0.05, 0.1) is 5.60 Å². The summed E-state index contributed by atoms with van der Waals surface area (Å²) >= 11 is 0. The van der Waals surface area contributed by atoms with Crippen molar-refractivity contribution in [2.75, 3.05) is 13.7 Å². The number of hydrogen-bond acceptors (Lipinski definition) is 2. The van der Waals surface area contributed by atoms with Gasteiger partial charge in [-0.1, -0.05) is 36.6 Å². The van der Waals surface area contributed by atoms with Crippen molar-refractivity contribution in [3.63, 3.8) is 0 Å². The summed E-state index contributed by atoms with van der Waals surface area (Å²) in [5.74, 6) is 0.697. The molecular formula is C19H29NO. The lowest BCUT2D eigenvalue weighted by Gasteiger charge is -2.41. The van der Waals surface area contributed by atoms with Gasteiger partial charge in [0.15, 0.2) is 0 Å². The van der Waals surface area contributed by atoms with Crippen molar-refractivity contribution in [1.29, 1.82) is 0 Å². The van der Waals surface area contributed by atoms with Crippen LogP contribution in [0.2, 0.25) is 0 Å². The lowest BCUT2D eigenvalue weighted by molar-refractivity contribution is -0.0979. The Kier molecular flexibility index (Phi) is 4.37. The van der Waals surface area contributed by atoms with Crippen LogP contribution in [0, 0.1) is 19.8 Å². The van der Waals surface area contributed by atoms with E-state index in [1.54, 1.807) is 0 Å². The molecule has 1 N–H and O–H groups in total. The molecule has 0 bridgehead atoms. The van der Waals surface area contributed by atoms with E-state index in [-0.39, 0.29) is 5.60 Å². The van der Waals surface area contributed by atoms with Gasteiger partial charge in [-0.15, -0.1) is 0 Å². The van der Waals surface area contributed by atoms with Crippen molar-refractivity contribution in [2.24, 2.45) is 5.92 Å². The fourth-order valence-corrected chi connectivity index (χ4v) is 4.46. The van der Waals surface area contributed by atoms with Crippen LogP contribution in [0.1, 0.15) is 61.3 Å². The number of aryl methyl sites for hydroxylation is 2. The summed E-state index contributed by atoms with van der Waals surface area (Å²) in [6.45, 7) is 5.37. The first kappa shape index (κ1) is 15.1. The Morgan fingerprint density at radius 3 is 2.71 bits per heavy atom. The highest BCUT2D eigenvalue weighted by atomic mass is 16.5. The molecule has 1 aliphatic heterocycles. The molecule has 2 fully saturated rings. The molecule has 2 unspecified atom stereocenters. The van der Waals surface area contributed by atoms with E-state index in [1.165, 1.54) is 55.2 Å². The number of hydrogen-bond donors (Lipinski definition) is 1. The molecule has 2 heteroatoms. The maximum atomic E-state index is 6.21. The first-order valence-electron chi connectivity index (χ1n) is 8.52. The van der Waals surface area contributed by atoms with E-state index in [2.05, 4.69) is 44.4 Å². The van der Waals surface area contributed by atoms with Gasteiger partial charge < -0.3 is 10.1 Å². The first-order valence-corrected chi connectivity index (χ1v) is 8.52. The molecule has 1 heterocycles. The molecule has 1 saturated heterocycles. The molecule has 1 saturated carbocycles. The third-order valence-corrected chi connectivity index (χ3v) is 5.60. The van der Waals surface area contributed by atoms with Crippen LogP contribution in [-0.4, -0.2) is 19.3 Å². The summed E-state index contributed by atoms with van der Waals surface area (Å²) in [6.07, 6.45) is 7.65. The average molecular weight is 287 g/mol. The zero-order chi connectivity index (χ0) is 14.9. The summed E-state index contributed by atoms with van der Waals surface area (Å²) in [7, 11) is 2.11. The van der Waals surface area contributed by atoms with Crippen LogP contribution in [-0.2, 0) is 4.74 Å². The van der Waals surface area contributed by atoms with Crippen LogP contribution in [0.25, 0.3) is 0 Å². The Labute approximate surface area is 129 Å². The lowest BCUT2D eigenvalue weighted by atomic mass is 9.77. The van der Waals surface area contributed by atoms with E-state index < -0.39 is 0 Å². The Morgan fingerprint density at radius 2 is 2.00 bits per heavy atom. The zero-order valence-corrected chi connectivity index (χ0v) is 13.7. The highest BCUT2D eigenvalue weighted by Crippen LogP contribution is 2.45. The molecular weight excluding hydrogens is 258 g/mol. The summed E-state index contributed by atoms with van der Waals surface area (Å²) in [5.41, 5.74) is 4.46. The molecule has 0 radical (unpaired) electrons. The minimum absolute atomic E-state index is 0.204. The van der Waals surface area contributed by atoms with Crippen molar-refractivity contribution < 1.29 is 4.74 Å². The molecule has 1 spiro atoms. The summed E-state index contributed by atoms with van der Waals surface area (Å²) in [6, 6.07) is 7.31. The third kappa shape index (κ3) is 3.02. The maximum Gasteiger partial charge on any atom is 0.0686 e. The van der Waals surface area contributed by atoms with Crippen LogP contribution >= 0.6 is 0 Å². The summed E-state index contributed by atoms with van der Waals surface area (Å²) in [4.78, 5) is 0. The summed E-state index contributed by atoms with van der Waals surface area (Å²) in [5, 5.41) is 3.61. The number of rotatable bonds is 3. The minimum atomic E-state index is 0.204. The molecule has 1 aromatic rings. The van der Waals surface area contributed by atoms with Gasteiger partial charge in [-0.2, -0.15) is 0 Å². The van der Waals surface area contributed by atoms with E-state index in [1.807, 2.05) is 0 Å². The van der Waals surface area contributed by atoms with Gasteiger partial charge >= 0.3 is 0 Å². The van der Waals surface area contributed by atoms with Crippen LogP contribution < -0.4 is 5.32 Å². The van der Waals surface area contributed by atoms with Gasteiger partial charge in [-0.3, -0.25) is 0 Å². The van der Waals surface area contributed by atoms with Gasteiger partial charge in [0, 0.05) is 12.6 Å². The molecule has 2 atom stereocenters. The predicted octanol–water partition coefficient (Wildman–Crippen LogP) is 4.30. The minimum Gasteiger partial charge on any atom is -0.375 e. The molecule has 21 heavy (non-hydrogen) atoms. The smallest absolute Gasteiger partial charge is 0.0686 e. The Balaban J connectivity index is 1.84. The normalized spacial score (nSPS) is 26.1. The van der Waals surface area contributed by atoms with E-state index in [0.717, 1.165) is 6.61 Å². The lowest BCUT2D eigenvalue weighted by Crippen LogP contribution is -2.41. The van der Waals surface area contributed by atoms with E-state index in [9.17, 15) is 0 Å². The molecule has 1 aromatic carbocycles. The molecule has 3 rings (SSSR count). The largest absolute Gasteiger partial charge is 0.375 e. The highest BCUT2D eigenvalue weighted by molar-refractivity contribution is 5.33. The number of benzene rings is 1. The van der Waals surface area contributed by atoms with E-state index in [0.29, 0.717) is 12.0 Å². The van der Waals surface area contributed by atoms with Crippen LogP contribution in [0.15, 0.2) is 18.2 Å². The van der Waals surface area contributed by atoms with Crippen molar-refractivity contribution >= 4 is 0 Å². The average Bonchev–Trinajstić information content (AvgIpc) is 2.91.